The Morgan fingerprint density at radius 1 is 1.53 bits per heavy atom. The van der Waals surface area contributed by atoms with Gasteiger partial charge in [0.05, 0.1) is 6.54 Å². The summed E-state index contributed by atoms with van der Waals surface area (Å²) in [5.41, 5.74) is 6.80. The summed E-state index contributed by atoms with van der Waals surface area (Å²) in [5, 5.41) is 3.66. The highest BCUT2D eigenvalue weighted by Gasteiger charge is 2.25. The fourth-order valence-corrected chi connectivity index (χ4v) is 2.39. The molecule has 5 heteroatoms. The molecule has 104 valence electrons. The Labute approximate surface area is 118 Å². The number of likely N-dealkylation sites (N-methyl/N-ethyl adjacent to an activating group) is 1. The molecular weight excluding hydrogens is 262 g/mol. The lowest BCUT2D eigenvalue weighted by molar-refractivity contribution is -0.122. The third-order valence-corrected chi connectivity index (χ3v) is 3.70. The average Bonchev–Trinajstić information content (AvgIpc) is 3.16. The lowest BCUT2D eigenvalue weighted by atomic mass is 10.1. The number of carbonyl (C=O) groups excluding carboxylic acids is 1. The van der Waals surface area contributed by atoms with Gasteiger partial charge < -0.3 is 11.1 Å². The standard InChI is InChI=1S/C14H20ClN3O/c1-18(9-14(19)17-10-6-7-10)13(8-16)11-4-2-3-5-12(11)15/h2-5,10,13H,6-9,16H2,1H3,(H,17,19). The number of carbonyl (C=O) groups is 1. The fraction of sp³-hybridized carbons (Fsp3) is 0.500. The van der Waals surface area contributed by atoms with Gasteiger partial charge in [0, 0.05) is 23.7 Å². The van der Waals surface area contributed by atoms with E-state index in [0.29, 0.717) is 24.2 Å². The molecule has 0 radical (unpaired) electrons. The second-order valence-corrected chi connectivity index (χ2v) is 5.44. The van der Waals surface area contributed by atoms with Crippen molar-refractivity contribution in [1.82, 2.24) is 10.2 Å². The molecule has 1 amide bonds. The molecule has 0 aromatic heterocycles. The van der Waals surface area contributed by atoms with E-state index in [1.807, 2.05) is 36.2 Å². The summed E-state index contributed by atoms with van der Waals surface area (Å²) in [6, 6.07) is 7.96. The third kappa shape index (κ3) is 3.93. The second kappa shape index (κ2) is 6.37. The number of nitrogens with zero attached hydrogens (tertiary/aromatic N) is 1. The summed E-state index contributed by atoms with van der Waals surface area (Å²) >= 11 is 6.19. The molecule has 1 aliphatic carbocycles. The smallest absolute Gasteiger partial charge is 0.234 e. The minimum Gasteiger partial charge on any atom is -0.352 e. The van der Waals surface area contributed by atoms with Gasteiger partial charge in [-0.25, -0.2) is 0 Å². The molecule has 1 aromatic carbocycles. The number of amides is 1. The molecule has 2 rings (SSSR count). The van der Waals surface area contributed by atoms with Crippen molar-refractivity contribution in [2.24, 2.45) is 5.73 Å². The zero-order chi connectivity index (χ0) is 13.8. The van der Waals surface area contributed by atoms with Gasteiger partial charge in [-0.3, -0.25) is 9.69 Å². The van der Waals surface area contributed by atoms with E-state index in [4.69, 9.17) is 17.3 Å². The van der Waals surface area contributed by atoms with Crippen LogP contribution in [0.1, 0.15) is 24.4 Å². The molecule has 1 unspecified atom stereocenters. The summed E-state index contributed by atoms with van der Waals surface area (Å²) in [7, 11) is 1.90. The van der Waals surface area contributed by atoms with Crippen molar-refractivity contribution in [3.8, 4) is 0 Å². The summed E-state index contributed by atoms with van der Waals surface area (Å²) in [6.07, 6.45) is 2.20. The number of halogens is 1. The summed E-state index contributed by atoms with van der Waals surface area (Å²) < 4.78 is 0. The fourth-order valence-electron chi connectivity index (χ4n) is 2.13. The van der Waals surface area contributed by atoms with Gasteiger partial charge in [-0.1, -0.05) is 29.8 Å². The lowest BCUT2D eigenvalue weighted by Gasteiger charge is -2.27. The Kier molecular flexibility index (Phi) is 4.80. The van der Waals surface area contributed by atoms with Crippen molar-refractivity contribution in [3.05, 3.63) is 34.9 Å². The van der Waals surface area contributed by atoms with E-state index in [1.54, 1.807) is 0 Å². The van der Waals surface area contributed by atoms with Gasteiger partial charge >= 0.3 is 0 Å². The SMILES string of the molecule is CN(CC(=O)NC1CC1)C(CN)c1ccccc1Cl. The van der Waals surface area contributed by atoms with Crippen LogP contribution in [0.15, 0.2) is 24.3 Å². The number of hydrogen-bond donors (Lipinski definition) is 2. The van der Waals surface area contributed by atoms with Crippen molar-refractivity contribution < 1.29 is 4.79 Å². The van der Waals surface area contributed by atoms with Crippen molar-refractivity contribution in [1.29, 1.82) is 0 Å². The average molecular weight is 282 g/mol. The maximum Gasteiger partial charge on any atom is 0.234 e. The maximum atomic E-state index is 11.8. The summed E-state index contributed by atoms with van der Waals surface area (Å²) in [6.45, 7) is 0.764. The molecule has 3 N–H and O–H groups in total. The number of nitrogens with one attached hydrogen (secondary N) is 1. The largest absolute Gasteiger partial charge is 0.352 e. The minimum atomic E-state index is -0.0429. The molecule has 4 nitrogen and oxygen atoms in total. The Morgan fingerprint density at radius 2 is 2.21 bits per heavy atom. The molecule has 1 aliphatic rings. The van der Waals surface area contributed by atoms with Crippen LogP contribution in [0.3, 0.4) is 0 Å². The topological polar surface area (TPSA) is 58.4 Å². The summed E-state index contributed by atoms with van der Waals surface area (Å²) in [5.74, 6) is 0.0514. The lowest BCUT2D eigenvalue weighted by Crippen LogP contribution is -2.40. The monoisotopic (exact) mass is 281 g/mol. The predicted octanol–water partition coefficient (Wildman–Crippen LogP) is 1.55. The first-order valence-corrected chi connectivity index (χ1v) is 6.93. The van der Waals surface area contributed by atoms with Gasteiger partial charge in [-0.05, 0) is 31.5 Å². The molecule has 1 aromatic rings. The van der Waals surface area contributed by atoms with Crippen LogP contribution in [0.25, 0.3) is 0 Å². The van der Waals surface area contributed by atoms with Gasteiger partial charge in [0.1, 0.15) is 0 Å². The van der Waals surface area contributed by atoms with Gasteiger partial charge in [-0.15, -0.1) is 0 Å². The van der Waals surface area contributed by atoms with Crippen LogP contribution in [0.4, 0.5) is 0 Å². The van der Waals surface area contributed by atoms with Crippen molar-refractivity contribution >= 4 is 17.5 Å². The summed E-state index contributed by atoms with van der Waals surface area (Å²) in [4.78, 5) is 13.8. The quantitative estimate of drug-likeness (QED) is 0.832. The Balaban J connectivity index is 1.99. The van der Waals surface area contributed by atoms with Crippen LogP contribution in [0, 0.1) is 0 Å². The van der Waals surface area contributed by atoms with Gasteiger partial charge in [-0.2, -0.15) is 0 Å². The number of nitrogens with two attached hydrogens (primary N) is 1. The van der Waals surface area contributed by atoms with Crippen LogP contribution < -0.4 is 11.1 Å². The van der Waals surface area contributed by atoms with E-state index in [-0.39, 0.29) is 11.9 Å². The molecule has 0 aliphatic heterocycles. The predicted molar refractivity (Wildman–Crippen MR) is 77.0 cm³/mol. The van der Waals surface area contributed by atoms with E-state index >= 15 is 0 Å². The number of benzene rings is 1. The van der Waals surface area contributed by atoms with Crippen LogP contribution in [-0.4, -0.2) is 37.0 Å². The molecule has 0 saturated heterocycles. The van der Waals surface area contributed by atoms with Crippen LogP contribution in [0.5, 0.6) is 0 Å². The molecule has 0 bridgehead atoms. The zero-order valence-electron chi connectivity index (χ0n) is 11.1. The third-order valence-electron chi connectivity index (χ3n) is 3.36. The first-order valence-electron chi connectivity index (χ1n) is 6.56. The Bertz CT molecular complexity index is 448. The number of rotatable bonds is 6. The highest BCUT2D eigenvalue weighted by molar-refractivity contribution is 6.31. The highest BCUT2D eigenvalue weighted by Crippen LogP contribution is 2.26. The van der Waals surface area contributed by atoms with Crippen molar-refractivity contribution in [3.63, 3.8) is 0 Å². The van der Waals surface area contributed by atoms with Crippen molar-refractivity contribution in [2.45, 2.75) is 24.9 Å². The molecule has 1 saturated carbocycles. The zero-order valence-corrected chi connectivity index (χ0v) is 11.9. The maximum absolute atomic E-state index is 11.8. The normalized spacial score (nSPS) is 16.4. The van der Waals surface area contributed by atoms with Crippen molar-refractivity contribution in [2.75, 3.05) is 20.1 Å². The van der Waals surface area contributed by atoms with E-state index in [9.17, 15) is 4.79 Å². The molecule has 0 spiro atoms. The van der Waals surface area contributed by atoms with E-state index in [2.05, 4.69) is 5.32 Å². The van der Waals surface area contributed by atoms with E-state index in [0.717, 1.165) is 18.4 Å². The number of hydrogen-bond acceptors (Lipinski definition) is 3. The van der Waals surface area contributed by atoms with Crippen LogP contribution >= 0.6 is 11.6 Å². The molecule has 19 heavy (non-hydrogen) atoms. The van der Waals surface area contributed by atoms with E-state index in [1.165, 1.54) is 0 Å². The molecule has 0 heterocycles. The van der Waals surface area contributed by atoms with Gasteiger partial charge in [0.25, 0.3) is 0 Å². The van der Waals surface area contributed by atoms with Gasteiger partial charge in [0.15, 0.2) is 0 Å². The Morgan fingerprint density at radius 3 is 2.79 bits per heavy atom. The second-order valence-electron chi connectivity index (χ2n) is 5.03. The van der Waals surface area contributed by atoms with Crippen LogP contribution in [0.2, 0.25) is 5.02 Å². The first-order chi connectivity index (χ1) is 9.11. The highest BCUT2D eigenvalue weighted by atomic mass is 35.5. The van der Waals surface area contributed by atoms with Gasteiger partial charge in [0.2, 0.25) is 5.91 Å². The molecular formula is C14H20ClN3O. The molecule has 1 atom stereocenters. The molecule has 1 fully saturated rings. The van der Waals surface area contributed by atoms with E-state index < -0.39 is 0 Å². The van der Waals surface area contributed by atoms with Crippen LogP contribution in [-0.2, 0) is 4.79 Å². The first kappa shape index (κ1) is 14.3. The Hall–Kier alpha value is -1.10. The minimum absolute atomic E-state index is 0.0429.